The lowest BCUT2D eigenvalue weighted by molar-refractivity contribution is -0.298. The van der Waals surface area contributed by atoms with Gasteiger partial charge in [0.05, 0.1) is 12.6 Å². The van der Waals surface area contributed by atoms with Crippen LogP contribution in [0.1, 0.15) is 11.9 Å². The maximum atomic E-state index is 9.17. The van der Waals surface area contributed by atoms with Crippen LogP contribution in [0.25, 0.3) is 10.4 Å². The average molecular weight is 434 g/mol. The van der Waals surface area contributed by atoms with E-state index in [-0.39, 0.29) is 6.10 Å². The summed E-state index contributed by atoms with van der Waals surface area (Å²) in [5, 5.41) is 4.65. The minimum atomic E-state index is -0.560. The molecule has 0 aliphatic carbocycles. The van der Waals surface area contributed by atoms with E-state index in [4.69, 9.17) is 36.1 Å². The first-order valence-electron chi connectivity index (χ1n) is 9.16. The Morgan fingerprint density at radius 2 is 2.00 bits per heavy atom. The predicted octanol–water partition coefficient (Wildman–Crippen LogP) is 4.97. The Balaban J connectivity index is 1.57. The molecule has 2 heterocycles. The maximum Gasteiger partial charge on any atom is 0.184 e. The molecule has 0 aromatic heterocycles. The van der Waals surface area contributed by atoms with E-state index in [9.17, 15) is 0 Å². The number of benzene rings is 2. The van der Waals surface area contributed by atoms with E-state index in [0.717, 1.165) is 10.5 Å². The van der Waals surface area contributed by atoms with Crippen molar-refractivity contribution < 1.29 is 18.9 Å². The van der Waals surface area contributed by atoms with Gasteiger partial charge < -0.3 is 18.9 Å². The summed E-state index contributed by atoms with van der Waals surface area (Å²) in [7, 11) is 1.58. The Morgan fingerprint density at radius 1 is 1.17 bits per heavy atom. The van der Waals surface area contributed by atoms with E-state index in [0.29, 0.717) is 11.6 Å². The number of azide groups is 1. The van der Waals surface area contributed by atoms with Crippen LogP contribution < -0.4 is 0 Å². The van der Waals surface area contributed by atoms with Gasteiger partial charge >= 0.3 is 0 Å². The zero-order valence-electron chi connectivity index (χ0n) is 15.6. The van der Waals surface area contributed by atoms with E-state index in [1.54, 1.807) is 7.11 Å². The van der Waals surface area contributed by atoms with Crippen molar-refractivity contribution in [3.05, 3.63) is 75.6 Å². The second-order valence-electron chi connectivity index (χ2n) is 6.69. The minimum absolute atomic E-state index is 0.324. The molecular weight excluding hydrogens is 414 g/mol. The second-order valence-corrected chi connectivity index (χ2v) is 8.30. The van der Waals surface area contributed by atoms with Crippen molar-refractivity contribution in [2.75, 3.05) is 13.7 Å². The smallest absolute Gasteiger partial charge is 0.184 e. The van der Waals surface area contributed by atoms with Crippen molar-refractivity contribution in [2.45, 2.75) is 41.0 Å². The lowest BCUT2D eigenvalue weighted by atomic mass is 9.96. The topological polar surface area (TPSA) is 85.7 Å². The third-order valence-electron chi connectivity index (χ3n) is 4.89. The van der Waals surface area contributed by atoms with Crippen LogP contribution in [0.5, 0.6) is 0 Å². The zero-order valence-corrected chi connectivity index (χ0v) is 17.2. The Bertz CT molecular complexity index is 883. The van der Waals surface area contributed by atoms with Gasteiger partial charge in [0.1, 0.15) is 23.7 Å². The van der Waals surface area contributed by atoms with Gasteiger partial charge in [0.15, 0.2) is 6.29 Å². The second kappa shape index (κ2) is 9.36. The molecule has 2 fully saturated rings. The molecule has 152 valence electrons. The summed E-state index contributed by atoms with van der Waals surface area (Å²) in [5.41, 5.74) is 9.66. The highest BCUT2D eigenvalue weighted by Crippen LogP contribution is 2.41. The minimum Gasteiger partial charge on any atom is -0.377 e. The number of ether oxygens (including phenoxy) is 4. The van der Waals surface area contributed by atoms with Gasteiger partial charge in [-0.1, -0.05) is 64.9 Å². The summed E-state index contributed by atoms with van der Waals surface area (Å²) >= 11 is 7.57. The van der Waals surface area contributed by atoms with Gasteiger partial charge in [-0.25, -0.2) is 0 Å². The highest BCUT2D eigenvalue weighted by Gasteiger charge is 2.50. The number of hydrogen-bond donors (Lipinski definition) is 0. The number of thioether (sulfide) groups is 1. The number of rotatable bonds is 5. The first kappa shape index (κ1) is 20.5. The van der Waals surface area contributed by atoms with Gasteiger partial charge in [-0.2, -0.15) is 0 Å². The lowest BCUT2D eigenvalue weighted by Crippen LogP contribution is -2.60. The number of nitrogens with zero attached hydrogens (tertiary/aromatic N) is 3. The molecule has 2 aromatic rings. The van der Waals surface area contributed by atoms with Crippen LogP contribution in [0.3, 0.4) is 0 Å². The third-order valence-corrected chi connectivity index (χ3v) is 6.26. The fourth-order valence-corrected chi connectivity index (χ4v) is 5.04. The Labute approximate surface area is 177 Å². The molecule has 0 radical (unpaired) electrons. The number of methoxy groups -OCH3 is 1. The molecule has 2 aliphatic heterocycles. The van der Waals surface area contributed by atoms with Crippen LogP contribution in [0.4, 0.5) is 0 Å². The molecule has 4 unspecified atom stereocenters. The summed E-state index contributed by atoms with van der Waals surface area (Å²) in [6.07, 6.45) is -1.91. The van der Waals surface area contributed by atoms with Gasteiger partial charge in [-0.05, 0) is 23.7 Å². The molecule has 4 rings (SSSR count). The molecule has 9 heteroatoms. The standard InChI is InChI=1S/C20H20ClN3O4S/c1-25-18-16(23-24-22)17-15(11-26-19(28-17)12-6-3-2-4-7-12)27-20(18)29-14-9-5-8-13(21)10-14/h2-10,15-20H,11H2,1H3/t15?,16?,17-,18?,19?,20+/m0/s1. The number of fused-ring (bicyclic) bond motifs is 1. The molecule has 0 saturated carbocycles. The summed E-state index contributed by atoms with van der Waals surface area (Å²) in [5.74, 6) is 0. The first-order chi connectivity index (χ1) is 14.2. The third kappa shape index (κ3) is 4.54. The van der Waals surface area contributed by atoms with Crippen molar-refractivity contribution in [2.24, 2.45) is 5.11 Å². The van der Waals surface area contributed by atoms with Crippen LogP contribution in [-0.2, 0) is 18.9 Å². The van der Waals surface area contributed by atoms with E-state index in [1.807, 2.05) is 54.6 Å². The lowest BCUT2D eigenvalue weighted by Gasteiger charge is -2.47. The highest BCUT2D eigenvalue weighted by atomic mass is 35.5. The predicted molar refractivity (Wildman–Crippen MR) is 110 cm³/mol. The van der Waals surface area contributed by atoms with Gasteiger partial charge in [0, 0.05) is 27.5 Å². The molecule has 0 spiro atoms. The fraction of sp³-hybridized carbons (Fsp3) is 0.400. The number of halogens is 1. The maximum absolute atomic E-state index is 9.17. The van der Waals surface area contributed by atoms with E-state index >= 15 is 0 Å². The Morgan fingerprint density at radius 3 is 2.72 bits per heavy atom. The van der Waals surface area contributed by atoms with Crippen LogP contribution in [0, 0.1) is 0 Å². The van der Waals surface area contributed by atoms with Gasteiger partial charge in [0.2, 0.25) is 0 Å². The van der Waals surface area contributed by atoms with Crippen molar-refractivity contribution in [3.63, 3.8) is 0 Å². The largest absolute Gasteiger partial charge is 0.377 e. The normalized spacial score (nSPS) is 31.5. The molecule has 0 amide bonds. The van der Waals surface area contributed by atoms with Gasteiger partial charge in [0.25, 0.3) is 0 Å². The first-order valence-corrected chi connectivity index (χ1v) is 10.4. The molecule has 7 nitrogen and oxygen atoms in total. The fourth-order valence-electron chi connectivity index (χ4n) is 3.56. The molecule has 0 bridgehead atoms. The van der Waals surface area contributed by atoms with Gasteiger partial charge in [-0.3, -0.25) is 0 Å². The SMILES string of the molecule is COC1C(N=[N+]=[N-])[C@H]2OC(c3ccccc3)OCC2O[C@@H]1Sc1cccc(Cl)c1. The quantitative estimate of drug-likeness (QED) is 0.377. The van der Waals surface area contributed by atoms with Crippen LogP contribution >= 0.6 is 23.4 Å². The molecule has 6 atom stereocenters. The van der Waals surface area contributed by atoms with Gasteiger partial charge in [-0.15, -0.1) is 0 Å². The van der Waals surface area contributed by atoms with E-state index in [1.165, 1.54) is 11.8 Å². The summed E-state index contributed by atoms with van der Waals surface area (Å²) in [6, 6.07) is 16.6. The average Bonchev–Trinajstić information content (AvgIpc) is 2.74. The van der Waals surface area contributed by atoms with Crippen molar-refractivity contribution in [1.29, 1.82) is 0 Å². The van der Waals surface area contributed by atoms with Crippen molar-refractivity contribution >= 4 is 23.4 Å². The van der Waals surface area contributed by atoms with Crippen LogP contribution in [0.15, 0.2) is 64.6 Å². The Hall–Kier alpha value is -1.77. The van der Waals surface area contributed by atoms with Crippen molar-refractivity contribution in [3.8, 4) is 0 Å². The highest BCUT2D eigenvalue weighted by molar-refractivity contribution is 7.99. The molecular formula is C20H20ClN3O4S. The summed E-state index contributed by atoms with van der Waals surface area (Å²) < 4.78 is 24.0. The van der Waals surface area contributed by atoms with Crippen molar-refractivity contribution in [1.82, 2.24) is 0 Å². The molecule has 2 saturated heterocycles. The Kier molecular flexibility index (Phi) is 6.62. The summed E-state index contributed by atoms with van der Waals surface area (Å²) in [4.78, 5) is 3.97. The van der Waals surface area contributed by atoms with Crippen LogP contribution in [-0.4, -0.2) is 43.5 Å². The van der Waals surface area contributed by atoms with E-state index < -0.39 is 30.0 Å². The molecule has 2 aliphatic rings. The molecule has 0 N–H and O–H groups in total. The zero-order chi connectivity index (χ0) is 20.2. The van der Waals surface area contributed by atoms with Crippen LogP contribution in [0.2, 0.25) is 5.02 Å². The summed E-state index contributed by atoms with van der Waals surface area (Å²) in [6.45, 7) is 0.324. The molecule has 2 aromatic carbocycles. The van der Waals surface area contributed by atoms with E-state index in [2.05, 4.69) is 10.0 Å². The number of hydrogen-bond acceptors (Lipinski definition) is 6. The monoisotopic (exact) mass is 433 g/mol. The molecule has 29 heavy (non-hydrogen) atoms.